The average molecular weight is 361 g/mol. The number of benzene rings is 2. The number of hydrogen-bond donors (Lipinski definition) is 0. The molecule has 0 N–H and O–H groups in total. The lowest BCUT2D eigenvalue weighted by Crippen LogP contribution is -2.50. The molecule has 0 aliphatic carbocycles. The number of amides is 1. The van der Waals surface area contributed by atoms with E-state index >= 15 is 0 Å². The van der Waals surface area contributed by atoms with Crippen LogP contribution in [0.25, 0.3) is 0 Å². The zero-order valence-electron chi connectivity index (χ0n) is 14.2. The van der Waals surface area contributed by atoms with E-state index in [9.17, 15) is 4.79 Å². The quantitative estimate of drug-likeness (QED) is 0.821. The highest BCUT2D eigenvalue weighted by molar-refractivity contribution is 6.32. The summed E-state index contributed by atoms with van der Waals surface area (Å²) in [5.74, 6) is 1.36. The standard InChI is InChI=1S/C19H21ClN2O3/c1-24-16-8-6-15(7-9-16)21-10-12-22(13-11-21)19(23)14-25-18-5-3-2-4-17(18)20/h2-9H,10-14H2,1H3. The predicted molar refractivity (Wildman–Crippen MR) is 98.7 cm³/mol. The van der Waals surface area contributed by atoms with Crippen molar-refractivity contribution in [2.75, 3.05) is 44.8 Å². The van der Waals surface area contributed by atoms with E-state index in [0.717, 1.165) is 24.5 Å². The van der Waals surface area contributed by atoms with Crippen molar-refractivity contribution in [3.63, 3.8) is 0 Å². The third kappa shape index (κ3) is 4.37. The van der Waals surface area contributed by atoms with Gasteiger partial charge in [-0.1, -0.05) is 23.7 Å². The van der Waals surface area contributed by atoms with Crippen molar-refractivity contribution in [3.05, 3.63) is 53.6 Å². The number of piperazine rings is 1. The summed E-state index contributed by atoms with van der Waals surface area (Å²) in [5, 5.41) is 0.514. The molecule has 2 aromatic carbocycles. The molecule has 0 saturated carbocycles. The van der Waals surface area contributed by atoms with Gasteiger partial charge in [0.1, 0.15) is 11.5 Å². The molecule has 1 fully saturated rings. The number of nitrogens with zero attached hydrogens (tertiary/aromatic N) is 2. The summed E-state index contributed by atoms with van der Waals surface area (Å²) in [6, 6.07) is 15.1. The molecule has 1 heterocycles. The van der Waals surface area contributed by atoms with Gasteiger partial charge in [0, 0.05) is 31.9 Å². The molecule has 25 heavy (non-hydrogen) atoms. The zero-order valence-corrected chi connectivity index (χ0v) is 14.9. The fraction of sp³-hybridized carbons (Fsp3) is 0.316. The number of methoxy groups -OCH3 is 1. The highest BCUT2D eigenvalue weighted by Crippen LogP contribution is 2.23. The summed E-state index contributed by atoms with van der Waals surface area (Å²) >= 11 is 6.04. The molecule has 1 aliphatic heterocycles. The number of anilines is 1. The van der Waals surface area contributed by atoms with E-state index in [4.69, 9.17) is 21.1 Å². The molecule has 1 aliphatic rings. The molecule has 0 unspecified atom stereocenters. The molecule has 0 aromatic heterocycles. The summed E-state index contributed by atoms with van der Waals surface area (Å²) in [6.07, 6.45) is 0. The second-order valence-electron chi connectivity index (χ2n) is 5.78. The number of para-hydroxylation sites is 1. The maximum Gasteiger partial charge on any atom is 0.260 e. The van der Waals surface area contributed by atoms with Crippen molar-refractivity contribution in [1.82, 2.24) is 4.90 Å². The Morgan fingerprint density at radius 1 is 1.04 bits per heavy atom. The van der Waals surface area contributed by atoms with Crippen molar-refractivity contribution in [1.29, 1.82) is 0 Å². The van der Waals surface area contributed by atoms with Gasteiger partial charge in [-0.15, -0.1) is 0 Å². The first-order valence-electron chi connectivity index (χ1n) is 8.21. The van der Waals surface area contributed by atoms with E-state index in [-0.39, 0.29) is 12.5 Å². The minimum atomic E-state index is -0.0192. The molecule has 0 bridgehead atoms. The average Bonchev–Trinajstić information content (AvgIpc) is 2.67. The van der Waals surface area contributed by atoms with Crippen LogP contribution in [0.2, 0.25) is 5.02 Å². The lowest BCUT2D eigenvalue weighted by atomic mass is 10.2. The van der Waals surface area contributed by atoms with Crippen LogP contribution in [0.4, 0.5) is 5.69 Å². The summed E-state index contributed by atoms with van der Waals surface area (Å²) < 4.78 is 10.7. The highest BCUT2D eigenvalue weighted by Gasteiger charge is 2.21. The van der Waals surface area contributed by atoms with Crippen LogP contribution in [0.3, 0.4) is 0 Å². The second kappa shape index (κ2) is 8.12. The van der Waals surface area contributed by atoms with E-state index in [1.165, 1.54) is 0 Å². The van der Waals surface area contributed by atoms with Crippen LogP contribution < -0.4 is 14.4 Å². The third-order valence-corrected chi connectivity index (χ3v) is 4.57. The van der Waals surface area contributed by atoms with Gasteiger partial charge in [0.05, 0.1) is 12.1 Å². The molecule has 1 amide bonds. The maximum absolute atomic E-state index is 12.3. The fourth-order valence-electron chi connectivity index (χ4n) is 2.80. The number of ether oxygens (including phenoxy) is 2. The molecule has 5 nitrogen and oxygen atoms in total. The third-order valence-electron chi connectivity index (χ3n) is 4.26. The summed E-state index contributed by atoms with van der Waals surface area (Å²) in [5.41, 5.74) is 1.14. The normalized spacial score (nSPS) is 14.3. The molecule has 0 radical (unpaired) electrons. The van der Waals surface area contributed by atoms with Gasteiger partial charge in [0.2, 0.25) is 0 Å². The molecule has 0 atom stereocenters. The minimum Gasteiger partial charge on any atom is -0.497 e. The van der Waals surface area contributed by atoms with Crippen molar-refractivity contribution < 1.29 is 14.3 Å². The van der Waals surface area contributed by atoms with E-state index in [1.54, 1.807) is 19.2 Å². The first-order valence-corrected chi connectivity index (χ1v) is 8.59. The van der Waals surface area contributed by atoms with E-state index in [1.807, 2.05) is 41.3 Å². The smallest absolute Gasteiger partial charge is 0.260 e. The van der Waals surface area contributed by atoms with Crippen molar-refractivity contribution >= 4 is 23.2 Å². The molecule has 132 valence electrons. The lowest BCUT2D eigenvalue weighted by Gasteiger charge is -2.36. The molecular weight excluding hydrogens is 340 g/mol. The molecular formula is C19H21ClN2O3. The van der Waals surface area contributed by atoms with Crippen LogP contribution in [-0.4, -0.2) is 50.7 Å². The van der Waals surface area contributed by atoms with Crippen LogP contribution in [0, 0.1) is 0 Å². The topological polar surface area (TPSA) is 42.0 Å². The number of halogens is 1. The Kier molecular flexibility index (Phi) is 5.66. The summed E-state index contributed by atoms with van der Waals surface area (Å²) in [6.45, 7) is 2.95. The van der Waals surface area contributed by atoms with Crippen LogP contribution in [0.5, 0.6) is 11.5 Å². The van der Waals surface area contributed by atoms with Gasteiger partial charge in [-0.2, -0.15) is 0 Å². The van der Waals surface area contributed by atoms with Gasteiger partial charge in [-0.3, -0.25) is 4.79 Å². The summed E-state index contributed by atoms with van der Waals surface area (Å²) in [4.78, 5) is 16.4. The van der Waals surface area contributed by atoms with Gasteiger partial charge in [0.25, 0.3) is 5.91 Å². The first-order chi connectivity index (χ1) is 12.2. The Morgan fingerprint density at radius 2 is 1.72 bits per heavy atom. The molecule has 6 heteroatoms. The Labute approximate surface area is 152 Å². The van der Waals surface area contributed by atoms with Gasteiger partial charge >= 0.3 is 0 Å². The van der Waals surface area contributed by atoms with Crippen molar-refractivity contribution in [2.45, 2.75) is 0 Å². The van der Waals surface area contributed by atoms with Gasteiger partial charge < -0.3 is 19.3 Å². The SMILES string of the molecule is COc1ccc(N2CCN(C(=O)COc3ccccc3Cl)CC2)cc1. The molecule has 3 rings (SSSR count). The first kappa shape index (κ1) is 17.4. The van der Waals surface area contributed by atoms with Crippen molar-refractivity contribution in [3.8, 4) is 11.5 Å². The number of carbonyl (C=O) groups excluding carboxylic acids is 1. The molecule has 0 spiro atoms. The van der Waals surface area contributed by atoms with E-state index in [2.05, 4.69) is 4.90 Å². The van der Waals surface area contributed by atoms with Crippen LogP contribution in [-0.2, 0) is 4.79 Å². The van der Waals surface area contributed by atoms with Crippen LogP contribution >= 0.6 is 11.6 Å². The Hall–Kier alpha value is -2.40. The summed E-state index contributed by atoms with van der Waals surface area (Å²) in [7, 11) is 1.66. The predicted octanol–water partition coefficient (Wildman–Crippen LogP) is 3.08. The van der Waals surface area contributed by atoms with Gasteiger partial charge in [0.15, 0.2) is 6.61 Å². The van der Waals surface area contributed by atoms with Crippen LogP contribution in [0.15, 0.2) is 48.5 Å². The number of carbonyl (C=O) groups is 1. The van der Waals surface area contributed by atoms with Gasteiger partial charge in [-0.25, -0.2) is 0 Å². The van der Waals surface area contributed by atoms with Gasteiger partial charge in [-0.05, 0) is 36.4 Å². The second-order valence-corrected chi connectivity index (χ2v) is 6.19. The van der Waals surface area contributed by atoms with E-state index in [0.29, 0.717) is 23.9 Å². The number of hydrogen-bond acceptors (Lipinski definition) is 4. The minimum absolute atomic E-state index is 0.00622. The molecule has 1 saturated heterocycles. The Bertz CT molecular complexity index is 713. The molecule has 2 aromatic rings. The zero-order chi connectivity index (χ0) is 17.6. The Balaban J connectivity index is 1.49. The van der Waals surface area contributed by atoms with Crippen LogP contribution in [0.1, 0.15) is 0 Å². The largest absolute Gasteiger partial charge is 0.497 e. The highest BCUT2D eigenvalue weighted by atomic mass is 35.5. The number of rotatable bonds is 5. The van der Waals surface area contributed by atoms with Crippen molar-refractivity contribution in [2.24, 2.45) is 0 Å². The van der Waals surface area contributed by atoms with E-state index < -0.39 is 0 Å². The lowest BCUT2D eigenvalue weighted by molar-refractivity contribution is -0.133. The fourth-order valence-corrected chi connectivity index (χ4v) is 2.99. The maximum atomic E-state index is 12.3. The Morgan fingerprint density at radius 3 is 2.36 bits per heavy atom. The monoisotopic (exact) mass is 360 g/mol.